The van der Waals surface area contributed by atoms with Gasteiger partial charge in [0.25, 0.3) is 5.69 Å². The summed E-state index contributed by atoms with van der Waals surface area (Å²) in [5, 5.41) is 14.5. The number of carbonyl (C=O) groups excluding carboxylic acids is 2. The molecule has 0 bridgehead atoms. The van der Waals surface area contributed by atoms with Crippen LogP contribution >= 0.6 is 11.6 Å². The van der Waals surface area contributed by atoms with Gasteiger partial charge in [0, 0.05) is 12.1 Å². The fourth-order valence-electron chi connectivity index (χ4n) is 1.92. The lowest BCUT2D eigenvalue weighted by Gasteiger charge is -2.13. The first-order chi connectivity index (χ1) is 12.1. The Morgan fingerprint density at radius 2 is 1.58 bits per heavy atom. The molecule has 11 heteroatoms. The highest BCUT2D eigenvalue weighted by Crippen LogP contribution is 2.34. The van der Waals surface area contributed by atoms with Gasteiger partial charge in [-0.2, -0.15) is 13.2 Å². The molecule has 136 valence electrons. The van der Waals surface area contributed by atoms with Crippen molar-refractivity contribution in [3.8, 4) is 0 Å². The number of rotatable bonds is 3. The zero-order valence-electron chi connectivity index (χ0n) is 12.6. The molecule has 26 heavy (non-hydrogen) atoms. The molecule has 2 rings (SSSR count). The predicted molar refractivity (Wildman–Crippen MR) is 86.8 cm³/mol. The molecular formula is C15H9ClF3N3O4. The van der Waals surface area contributed by atoms with E-state index < -0.39 is 39.9 Å². The van der Waals surface area contributed by atoms with Crippen LogP contribution in [-0.4, -0.2) is 16.7 Å². The van der Waals surface area contributed by atoms with Gasteiger partial charge in [-0.25, -0.2) is 0 Å². The van der Waals surface area contributed by atoms with Crippen LogP contribution < -0.4 is 10.6 Å². The van der Waals surface area contributed by atoms with Crippen LogP contribution in [0.4, 0.5) is 30.2 Å². The third kappa shape index (κ3) is 4.48. The lowest BCUT2D eigenvalue weighted by atomic mass is 10.1. The number of nitro groups is 1. The Morgan fingerprint density at radius 3 is 2.15 bits per heavy atom. The Labute approximate surface area is 148 Å². The topological polar surface area (TPSA) is 101 Å². The Balaban J connectivity index is 2.19. The molecule has 0 fully saturated rings. The summed E-state index contributed by atoms with van der Waals surface area (Å²) in [5.74, 6) is -2.74. The zero-order chi connectivity index (χ0) is 19.5. The van der Waals surface area contributed by atoms with Crippen molar-refractivity contribution in [2.75, 3.05) is 10.6 Å². The molecule has 0 heterocycles. The number of halogens is 4. The lowest BCUT2D eigenvalue weighted by molar-refractivity contribution is -0.384. The van der Waals surface area contributed by atoms with Gasteiger partial charge in [-0.1, -0.05) is 23.7 Å². The summed E-state index contributed by atoms with van der Waals surface area (Å²) in [6.45, 7) is 0. The minimum absolute atomic E-state index is 0.0903. The number of nitro benzene ring substituents is 1. The molecule has 0 aliphatic heterocycles. The molecule has 0 radical (unpaired) electrons. The number of para-hydroxylation sites is 1. The third-order valence-corrected chi connectivity index (χ3v) is 3.43. The molecule has 2 aromatic carbocycles. The first-order valence-electron chi connectivity index (χ1n) is 6.82. The van der Waals surface area contributed by atoms with Gasteiger partial charge in [-0.05, 0) is 18.2 Å². The minimum atomic E-state index is -4.73. The molecule has 2 aromatic rings. The van der Waals surface area contributed by atoms with Crippen LogP contribution in [0.5, 0.6) is 0 Å². The number of non-ortho nitro benzene ring substituents is 1. The molecule has 2 N–H and O–H groups in total. The van der Waals surface area contributed by atoms with E-state index in [0.717, 1.165) is 36.4 Å². The van der Waals surface area contributed by atoms with Crippen LogP contribution in [-0.2, 0) is 15.8 Å². The standard InChI is InChI=1S/C15H9ClF3N3O4/c16-10-6-5-8(22(25)26)7-12(10)21-14(24)13(23)20-11-4-2-1-3-9(11)15(17,18)19/h1-7H,(H,20,23)(H,21,24). The average Bonchev–Trinajstić information content (AvgIpc) is 2.56. The molecule has 0 aliphatic rings. The van der Waals surface area contributed by atoms with E-state index in [2.05, 4.69) is 0 Å². The Morgan fingerprint density at radius 1 is 1.00 bits per heavy atom. The number of hydrogen-bond acceptors (Lipinski definition) is 4. The van der Waals surface area contributed by atoms with Gasteiger partial charge in [-0.3, -0.25) is 19.7 Å². The van der Waals surface area contributed by atoms with Crippen LogP contribution in [0.2, 0.25) is 5.02 Å². The molecule has 0 saturated carbocycles. The minimum Gasteiger partial charge on any atom is -0.317 e. The van der Waals surface area contributed by atoms with E-state index in [-0.39, 0.29) is 10.7 Å². The van der Waals surface area contributed by atoms with Gasteiger partial charge in [0.2, 0.25) is 0 Å². The average molecular weight is 388 g/mol. The maximum Gasteiger partial charge on any atom is 0.418 e. The quantitative estimate of drug-likeness (QED) is 0.474. The highest BCUT2D eigenvalue weighted by molar-refractivity contribution is 6.45. The third-order valence-electron chi connectivity index (χ3n) is 3.10. The van der Waals surface area contributed by atoms with E-state index in [4.69, 9.17) is 11.6 Å². The summed E-state index contributed by atoms with van der Waals surface area (Å²) in [6, 6.07) is 7.22. The van der Waals surface area contributed by atoms with E-state index in [9.17, 15) is 32.9 Å². The van der Waals surface area contributed by atoms with E-state index in [1.807, 2.05) is 10.6 Å². The summed E-state index contributed by atoms with van der Waals surface area (Å²) in [5.41, 5.74) is -2.36. The van der Waals surface area contributed by atoms with E-state index >= 15 is 0 Å². The van der Waals surface area contributed by atoms with Crippen LogP contribution in [0.1, 0.15) is 5.56 Å². The number of carbonyl (C=O) groups is 2. The van der Waals surface area contributed by atoms with Crippen molar-refractivity contribution in [1.29, 1.82) is 0 Å². The lowest BCUT2D eigenvalue weighted by Crippen LogP contribution is -2.30. The Bertz CT molecular complexity index is 887. The van der Waals surface area contributed by atoms with Gasteiger partial charge in [0.15, 0.2) is 0 Å². The number of nitrogens with one attached hydrogen (secondary N) is 2. The van der Waals surface area contributed by atoms with Crippen molar-refractivity contribution in [3.05, 3.63) is 63.2 Å². The van der Waals surface area contributed by atoms with Crippen molar-refractivity contribution in [2.45, 2.75) is 6.18 Å². The van der Waals surface area contributed by atoms with Crippen LogP contribution in [0.25, 0.3) is 0 Å². The second kappa shape index (κ2) is 7.40. The first-order valence-corrected chi connectivity index (χ1v) is 7.20. The van der Waals surface area contributed by atoms with Crippen molar-refractivity contribution >= 4 is 40.5 Å². The largest absolute Gasteiger partial charge is 0.418 e. The number of hydrogen-bond donors (Lipinski definition) is 2. The summed E-state index contributed by atoms with van der Waals surface area (Å²) >= 11 is 5.78. The molecule has 7 nitrogen and oxygen atoms in total. The predicted octanol–water partition coefficient (Wildman–Crippen LogP) is 3.84. The second-order valence-corrected chi connectivity index (χ2v) is 5.28. The Kier molecular flexibility index (Phi) is 5.46. The highest BCUT2D eigenvalue weighted by atomic mass is 35.5. The zero-order valence-corrected chi connectivity index (χ0v) is 13.4. The molecular weight excluding hydrogens is 379 g/mol. The second-order valence-electron chi connectivity index (χ2n) is 4.87. The highest BCUT2D eigenvalue weighted by Gasteiger charge is 2.34. The first kappa shape index (κ1) is 19.2. The fraction of sp³-hybridized carbons (Fsp3) is 0.0667. The van der Waals surface area contributed by atoms with Crippen molar-refractivity contribution in [2.24, 2.45) is 0 Å². The summed E-state index contributed by atoms with van der Waals surface area (Å²) in [4.78, 5) is 33.7. The smallest absolute Gasteiger partial charge is 0.317 e. The van der Waals surface area contributed by atoms with Gasteiger partial charge in [0.05, 0.1) is 26.9 Å². The SMILES string of the molecule is O=C(Nc1cc([N+](=O)[O-])ccc1Cl)C(=O)Nc1ccccc1C(F)(F)F. The Hall–Kier alpha value is -3.14. The molecule has 0 saturated heterocycles. The van der Waals surface area contributed by atoms with Crippen LogP contribution in [0, 0.1) is 10.1 Å². The van der Waals surface area contributed by atoms with Gasteiger partial charge in [0.1, 0.15) is 0 Å². The van der Waals surface area contributed by atoms with Crippen molar-refractivity contribution in [3.63, 3.8) is 0 Å². The summed E-state index contributed by atoms with van der Waals surface area (Å²) in [6.07, 6.45) is -4.73. The maximum absolute atomic E-state index is 12.9. The molecule has 0 atom stereocenters. The van der Waals surface area contributed by atoms with Gasteiger partial charge >= 0.3 is 18.0 Å². The normalized spacial score (nSPS) is 10.9. The maximum atomic E-state index is 12.9. The number of nitrogens with zero attached hydrogens (tertiary/aromatic N) is 1. The molecule has 0 spiro atoms. The number of alkyl halides is 3. The summed E-state index contributed by atoms with van der Waals surface area (Å²) < 4.78 is 38.7. The number of benzene rings is 2. The molecule has 0 aromatic heterocycles. The summed E-state index contributed by atoms with van der Waals surface area (Å²) in [7, 11) is 0. The van der Waals surface area contributed by atoms with Gasteiger partial charge in [-0.15, -0.1) is 0 Å². The number of anilines is 2. The van der Waals surface area contributed by atoms with Crippen LogP contribution in [0.15, 0.2) is 42.5 Å². The molecule has 0 aliphatic carbocycles. The fourth-order valence-corrected chi connectivity index (χ4v) is 2.08. The molecule has 0 unspecified atom stereocenters. The van der Waals surface area contributed by atoms with Crippen molar-refractivity contribution < 1.29 is 27.7 Å². The van der Waals surface area contributed by atoms with Crippen LogP contribution in [0.3, 0.4) is 0 Å². The van der Waals surface area contributed by atoms with Crippen molar-refractivity contribution in [1.82, 2.24) is 0 Å². The monoisotopic (exact) mass is 387 g/mol. The van der Waals surface area contributed by atoms with E-state index in [0.29, 0.717) is 0 Å². The van der Waals surface area contributed by atoms with E-state index in [1.165, 1.54) is 6.07 Å². The van der Waals surface area contributed by atoms with Gasteiger partial charge < -0.3 is 10.6 Å². The number of amides is 2. The molecule has 2 amide bonds. The van der Waals surface area contributed by atoms with E-state index in [1.54, 1.807) is 0 Å².